The molecule has 0 spiro atoms. The summed E-state index contributed by atoms with van der Waals surface area (Å²) in [5.74, 6) is 1.14. The van der Waals surface area contributed by atoms with Crippen LogP contribution >= 0.6 is 11.8 Å². The Balaban J connectivity index is 1.76. The normalized spacial score (nSPS) is 26.1. The second kappa shape index (κ2) is 6.28. The lowest BCUT2D eigenvalue weighted by atomic mass is 9.97. The molecule has 3 atom stereocenters. The fourth-order valence-corrected chi connectivity index (χ4v) is 4.97. The van der Waals surface area contributed by atoms with E-state index in [-0.39, 0.29) is 12.1 Å². The quantitative estimate of drug-likeness (QED) is 0.825. The summed E-state index contributed by atoms with van der Waals surface area (Å²) >= 11 is 1.90. The summed E-state index contributed by atoms with van der Waals surface area (Å²) in [7, 11) is 0. The molecule has 4 rings (SSSR count). The van der Waals surface area contributed by atoms with E-state index >= 15 is 0 Å². The summed E-state index contributed by atoms with van der Waals surface area (Å²) in [5.41, 5.74) is 2.41. The maximum absolute atomic E-state index is 5.06. The predicted molar refractivity (Wildman–Crippen MR) is 100 cm³/mol. The van der Waals surface area contributed by atoms with E-state index in [0.29, 0.717) is 12.1 Å². The highest BCUT2D eigenvalue weighted by Crippen LogP contribution is 2.48. The van der Waals surface area contributed by atoms with Crippen LogP contribution in [-0.4, -0.2) is 31.4 Å². The monoisotopic (exact) mass is 340 g/mol. The molecule has 0 unspecified atom stereocenters. The molecule has 0 aliphatic carbocycles. The molecular formula is C19H24N4S. The van der Waals surface area contributed by atoms with Crippen molar-refractivity contribution in [3.63, 3.8) is 0 Å². The van der Waals surface area contributed by atoms with Gasteiger partial charge in [-0.2, -0.15) is 0 Å². The summed E-state index contributed by atoms with van der Waals surface area (Å²) < 4.78 is 2.28. The first-order chi connectivity index (χ1) is 11.7. The van der Waals surface area contributed by atoms with E-state index in [4.69, 9.17) is 4.99 Å². The van der Waals surface area contributed by atoms with E-state index in [9.17, 15) is 0 Å². The van der Waals surface area contributed by atoms with Gasteiger partial charge in [0.2, 0.25) is 0 Å². The van der Waals surface area contributed by atoms with E-state index in [1.807, 2.05) is 24.0 Å². The number of aliphatic imine (C=N–C) groups is 1. The van der Waals surface area contributed by atoms with Gasteiger partial charge in [0.1, 0.15) is 6.04 Å². The third kappa shape index (κ3) is 2.55. The highest BCUT2D eigenvalue weighted by Gasteiger charge is 2.45. The average Bonchev–Trinajstić information content (AvgIpc) is 3.29. The maximum Gasteiger partial charge on any atom is 0.160 e. The standard InChI is InChI=1S/C19H24N4S/c1-4-15-12-24-19-21-17(16-7-5-6-9-20-16)18(23(15)19)14-8-10-22(11-14)13(2)3/h5-11,13,15,17-18H,4,12H2,1-3H3/t15-,17-,18+/m0/s1. The fraction of sp³-hybridized carbons (Fsp3) is 0.474. The molecule has 126 valence electrons. The smallest absolute Gasteiger partial charge is 0.160 e. The van der Waals surface area contributed by atoms with Crippen LogP contribution in [0.5, 0.6) is 0 Å². The van der Waals surface area contributed by atoms with Gasteiger partial charge in [-0.05, 0) is 44.0 Å². The molecule has 1 saturated heterocycles. The number of rotatable bonds is 4. The first kappa shape index (κ1) is 15.8. The zero-order chi connectivity index (χ0) is 16.7. The lowest BCUT2D eigenvalue weighted by Crippen LogP contribution is -2.35. The minimum atomic E-state index is 0.0889. The molecule has 2 aromatic rings. The summed E-state index contributed by atoms with van der Waals surface area (Å²) in [5, 5.41) is 1.19. The van der Waals surface area contributed by atoms with Crippen LogP contribution in [0.3, 0.4) is 0 Å². The van der Waals surface area contributed by atoms with Gasteiger partial charge in [-0.15, -0.1) is 0 Å². The summed E-state index contributed by atoms with van der Waals surface area (Å²) in [6.45, 7) is 6.72. The second-order valence-electron chi connectivity index (χ2n) is 6.82. The molecule has 0 bridgehead atoms. The minimum Gasteiger partial charge on any atom is -0.351 e. The Morgan fingerprint density at radius 3 is 2.83 bits per heavy atom. The Morgan fingerprint density at radius 1 is 1.29 bits per heavy atom. The molecule has 0 saturated carbocycles. The molecule has 2 aliphatic heterocycles. The molecule has 1 fully saturated rings. The van der Waals surface area contributed by atoms with Gasteiger partial charge in [0.15, 0.2) is 5.17 Å². The number of fused-ring (bicyclic) bond motifs is 1. The molecule has 24 heavy (non-hydrogen) atoms. The first-order valence-corrected chi connectivity index (χ1v) is 9.74. The predicted octanol–water partition coefficient (Wildman–Crippen LogP) is 4.44. The van der Waals surface area contributed by atoms with Crippen molar-refractivity contribution in [3.05, 3.63) is 54.1 Å². The maximum atomic E-state index is 5.06. The Bertz CT molecular complexity index is 737. The number of aromatic nitrogens is 2. The second-order valence-corrected chi connectivity index (χ2v) is 7.81. The van der Waals surface area contributed by atoms with Gasteiger partial charge in [-0.25, -0.2) is 0 Å². The lowest BCUT2D eigenvalue weighted by molar-refractivity contribution is 0.255. The summed E-state index contributed by atoms with van der Waals surface area (Å²) in [6, 6.07) is 9.79. The van der Waals surface area contributed by atoms with Crippen molar-refractivity contribution in [2.45, 2.75) is 51.4 Å². The molecule has 2 aliphatic rings. The van der Waals surface area contributed by atoms with Gasteiger partial charge in [-0.3, -0.25) is 9.98 Å². The van der Waals surface area contributed by atoms with Crippen LogP contribution in [-0.2, 0) is 0 Å². The average molecular weight is 340 g/mol. The van der Waals surface area contributed by atoms with Crippen molar-refractivity contribution in [2.75, 3.05) is 5.75 Å². The van der Waals surface area contributed by atoms with Gasteiger partial charge in [0, 0.05) is 36.4 Å². The molecule has 4 nitrogen and oxygen atoms in total. The van der Waals surface area contributed by atoms with Gasteiger partial charge in [0.25, 0.3) is 0 Å². The van der Waals surface area contributed by atoms with Crippen molar-refractivity contribution in [1.29, 1.82) is 0 Å². The molecule has 0 amide bonds. The van der Waals surface area contributed by atoms with Crippen molar-refractivity contribution in [2.24, 2.45) is 4.99 Å². The van der Waals surface area contributed by atoms with E-state index in [1.165, 1.54) is 10.7 Å². The SMILES string of the molecule is CC[C@H]1CSC2=N[C@@H](c3ccccn3)[C@@H](c3ccn(C(C)C)c3)N21. The number of thioether (sulfide) groups is 1. The molecule has 2 aromatic heterocycles. The van der Waals surface area contributed by atoms with Gasteiger partial charge in [-0.1, -0.05) is 24.8 Å². The minimum absolute atomic E-state index is 0.0889. The van der Waals surface area contributed by atoms with E-state index < -0.39 is 0 Å². The van der Waals surface area contributed by atoms with E-state index in [2.05, 4.69) is 65.8 Å². The highest BCUT2D eigenvalue weighted by molar-refractivity contribution is 8.14. The number of amidine groups is 1. The summed E-state index contributed by atoms with van der Waals surface area (Å²) in [6.07, 6.45) is 7.51. The number of hydrogen-bond acceptors (Lipinski definition) is 4. The molecule has 0 radical (unpaired) electrons. The number of pyridine rings is 1. The third-order valence-corrected chi connectivity index (χ3v) is 6.13. The van der Waals surface area contributed by atoms with Crippen LogP contribution in [0.1, 0.15) is 56.6 Å². The van der Waals surface area contributed by atoms with Crippen LogP contribution in [0, 0.1) is 0 Å². The zero-order valence-electron chi connectivity index (χ0n) is 14.5. The zero-order valence-corrected chi connectivity index (χ0v) is 15.3. The summed E-state index contributed by atoms with van der Waals surface area (Å²) in [4.78, 5) is 12.2. The van der Waals surface area contributed by atoms with Crippen molar-refractivity contribution in [3.8, 4) is 0 Å². The van der Waals surface area contributed by atoms with E-state index in [1.54, 1.807) is 0 Å². The van der Waals surface area contributed by atoms with Crippen LogP contribution in [0.15, 0.2) is 47.8 Å². The Hall–Kier alpha value is -1.75. The molecule has 0 N–H and O–H groups in total. The van der Waals surface area contributed by atoms with E-state index in [0.717, 1.165) is 17.9 Å². The largest absolute Gasteiger partial charge is 0.351 e. The van der Waals surface area contributed by atoms with Crippen LogP contribution in [0.4, 0.5) is 0 Å². The lowest BCUT2D eigenvalue weighted by Gasteiger charge is -2.31. The van der Waals surface area contributed by atoms with Crippen molar-refractivity contribution < 1.29 is 0 Å². The van der Waals surface area contributed by atoms with Crippen LogP contribution in [0.2, 0.25) is 0 Å². The van der Waals surface area contributed by atoms with Crippen molar-refractivity contribution in [1.82, 2.24) is 14.5 Å². The topological polar surface area (TPSA) is 33.4 Å². The Morgan fingerprint density at radius 2 is 2.17 bits per heavy atom. The number of hydrogen-bond donors (Lipinski definition) is 0. The van der Waals surface area contributed by atoms with Gasteiger partial charge < -0.3 is 9.47 Å². The third-order valence-electron chi connectivity index (χ3n) is 5.00. The Labute approximate surface area is 148 Å². The molecule has 4 heterocycles. The molecule has 5 heteroatoms. The van der Waals surface area contributed by atoms with Gasteiger partial charge in [0.05, 0.1) is 11.7 Å². The van der Waals surface area contributed by atoms with Crippen LogP contribution < -0.4 is 0 Å². The number of nitrogens with zero attached hydrogens (tertiary/aromatic N) is 4. The fourth-order valence-electron chi connectivity index (χ4n) is 3.64. The van der Waals surface area contributed by atoms with Crippen LogP contribution in [0.25, 0.3) is 0 Å². The molecular weight excluding hydrogens is 316 g/mol. The highest BCUT2D eigenvalue weighted by atomic mass is 32.2. The Kier molecular flexibility index (Phi) is 4.12. The molecule has 0 aromatic carbocycles. The first-order valence-electron chi connectivity index (χ1n) is 8.76. The van der Waals surface area contributed by atoms with Crippen molar-refractivity contribution >= 4 is 16.9 Å². The van der Waals surface area contributed by atoms with Gasteiger partial charge >= 0.3 is 0 Å².